The summed E-state index contributed by atoms with van der Waals surface area (Å²) in [6, 6.07) is 11.2. The van der Waals surface area contributed by atoms with E-state index in [2.05, 4.69) is 21.2 Å². The van der Waals surface area contributed by atoms with Gasteiger partial charge in [-0.15, -0.1) is 0 Å². The van der Waals surface area contributed by atoms with Crippen LogP contribution in [0.1, 0.15) is 47.2 Å². The van der Waals surface area contributed by atoms with Gasteiger partial charge in [-0.05, 0) is 50.6 Å². The maximum atomic E-state index is 13.4. The van der Waals surface area contributed by atoms with E-state index in [-0.39, 0.29) is 12.5 Å². The number of carbonyl (C=O) groups is 3. The van der Waals surface area contributed by atoms with Crippen LogP contribution in [0.4, 0.5) is 4.79 Å². The number of fused-ring (bicyclic) bond motifs is 3. The fraction of sp³-hybridized carbons (Fsp3) is 0.320. The molecule has 0 saturated carbocycles. The van der Waals surface area contributed by atoms with Crippen LogP contribution >= 0.6 is 15.9 Å². The Morgan fingerprint density at radius 1 is 1.15 bits per heavy atom. The molecule has 0 fully saturated rings. The summed E-state index contributed by atoms with van der Waals surface area (Å²) in [4.78, 5) is 39.1. The summed E-state index contributed by atoms with van der Waals surface area (Å²) in [5, 5.41) is 2.70. The fourth-order valence-electron chi connectivity index (χ4n) is 4.08. The normalized spacial score (nSPS) is 13.2. The van der Waals surface area contributed by atoms with Crippen molar-refractivity contribution >= 4 is 39.4 Å². The molecule has 0 spiro atoms. The largest absolute Gasteiger partial charge is 0.465 e. The zero-order chi connectivity index (χ0) is 24.6. The molecule has 3 heterocycles. The first-order chi connectivity index (χ1) is 16.1. The molecule has 1 aromatic carbocycles. The molecular formula is C25H26BrN3O5. The van der Waals surface area contributed by atoms with Gasteiger partial charge in [0.1, 0.15) is 11.3 Å². The minimum atomic E-state index is -0.589. The second-order valence-electron chi connectivity index (χ2n) is 9.03. The molecular weight excluding hydrogens is 502 g/mol. The van der Waals surface area contributed by atoms with Gasteiger partial charge >= 0.3 is 12.1 Å². The molecule has 3 aromatic rings. The Morgan fingerprint density at radius 3 is 2.50 bits per heavy atom. The van der Waals surface area contributed by atoms with Gasteiger partial charge in [0.25, 0.3) is 5.91 Å². The van der Waals surface area contributed by atoms with Crippen molar-refractivity contribution in [3.8, 4) is 11.1 Å². The molecule has 0 unspecified atom stereocenters. The number of nitrogens with one attached hydrogen (secondary N) is 1. The Morgan fingerprint density at radius 2 is 1.85 bits per heavy atom. The van der Waals surface area contributed by atoms with Crippen LogP contribution in [0.2, 0.25) is 0 Å². The highest BCUT2D eigenvalue weighted by Crippen LogP contribution is 2.39. The summed E-state index contributed by atoms with van der Waals surface area (Å²) >= 11 is 3.46. The number of hydrogen-bond donors (Lipinski definition) is 1. The van der Waals surface area contributed by atoms with Gasteiger partial charge in [0, 0.05) is 41.4 Å². The van der Waals surface area contributed by atoms with Gasteiger partial charge in [-0.2, -0.15) is 0 Å². The maximum Gasteiger partial charge on any atom is 0.407 e. The lowest BCUT2D eigenvalue weighted by molar-refractivity contribution is 0.0514. The van der Waals surface area contributed by atoms with Crippen molar-refractivity contribution in [2.45, 2.75) is 32.9 Å². The number of benzene rings is 1. The molecule has 9 heteroatoms. The smallest absolute Gasteiger partial charge is 0.407 e. The molecule has 4 rings (SSSR count). The van der Waals surface area contributed by atoms with Gasteiger partial charge in [0.15, 0.2) is 0 Å². The number of pyridine rings is 1. The van der Waals surface area contributed by atoms with Gasteiger partial charge in [0.05, 0.1) is 18.2 Å². The van der Waals surface area contributed by atoms with Gasteiger partial charge in [0.2, 0.25) is 0 Å². The third-order valence-corrected chi connectivity index (χ3v) is 6.01. The SMILES string of the molecule is COC(=O)c1ccn2c3c(c(-c4ccc(Br)cc4)c2c1)CN(CCNC(=O)OC(C)(C)C)C3=O. The van der Waals surface area contributed by atoms with E-state index < -0.39 is 17.7 Å². The standard InChI is InChI=1S/C25H26BrN3O5/c1-25(2,3)34-24(32)27-10-12-28-14-18-20(15-5-7-17(26)8-6-15)19-13-16(23(31)33-4)9-11-29(19)21(18)22(28)30/h5-9,11,13H,10,12,14H2,1-4H3,(H,27,32). The number of aromatic nitrogens is 1. The first-order valence-electron chi connectivity index (χ1n) is 10.9. The lowest BCUT2D eigenvalue weighted by Crippen LogP contribution is -2.38. The molecule has 0 saturated heterocycles. The summed E-state index contributed by atoms with van der Waals surface area (Å²) in [5.41, 5.74) is 3.85. The van der Waals surface area contributed by atoms with Gasteiger partial charge in [-0.3, -0.25) is 4.79 Å². The molecule has 0 aliphatic carbocycles. The van der Waals surface area contributed by atoms with Crippen molar-refractivity contribution in [2.24, 2.45) is 0 Å². The van der Waals surface area contributed by atoms with Crippen molar-refractivity contribution in [3.63, 3.8) is 0 Å². The van der Waals surface area contributed by atoms with E-state index >= 15 is 0 Å². The minimum absolute atomic E-state index is 0.134. The number of carbonyl (C=O) groups excluding carboxylic acids is 3. The lowest BCUT2D eigenvalue weighted by Gasteiger charge is -2.21. The van der Waals surface area contributed by atoms with E-state index in [0.717, 1.165) is 26.7 Å². The lowest BCUT2D eigenvalue weighted by atomic mass is 10.0. The average Bonchev–Trinajstić information content (AvgIpc) is 3.26. The minimum Gasteiger partial charge on any atom is -0.465 e. The monoisotopic (exact) mass is 527 g/mol. The number of rotatable bonds is 5. The highest BCUT2D eigenvalue weighted by molar-refractivity contribution is 9.10. The molecule has 0 bridgehead atoms. The van der Waals surface area contributed by atoms with Crippen molar-refractivity contribution in [1.82, 2.24) is 14.6 Å². The third-order valence-electron chi connectivity index (χ3n) is 5.48. The summed E-state index contributed by atoms with van der Waals surface area (Å²) < 4.78 is 12.9. The van der Waals surface area contributed by atoms with Crippen molar-refractivity contribution < 1.29 is 23.9 Å². The number of esters is 1. The molecule has 1 aliphatic rings. The number of hydrogen-bond acceptors (Lipinski definition) is 5. The molecule has 2 amide bonds. The summed E-state index contributed by atoms with van der Waals surface area (Å²) in [6.07, 6.45) is 1.21. The maximum absolute atomic E-state index is 13.4. The van der Waals surface area contributed by atoms with Gasteiger partial charge < -0.3 is 24.1 Å². The fourth-order valence-corrected chi connectivity index (χ4v) is 4.34. The molecule has 1 N–H and O–H groups in total. The van der Waals surface area contributed by atoms with E-state index in [1.165, 1.54) is 7.11 Å². The molecule has 2 aromatic heterocycles. The Balaban J connectivity index is 1.66. The van der Waals surface area contributed by atoms with Gasteiger partial charge in [-0.1, -0.05) is 28.1 Å². The molecule has 1 aliphatic heterocycles. The van der Waals surface area contributed by atoms with Crippen LogP contribution in [-0.4, -0.2) is 53.1 Å². The first-order valence-corrected chi connectivity index (χ1v) is 11.7. The zero-order valence-electron chi connectivity index (χ0n) is 19.5. The topological polar surface area (TPSA) is 89.3 Å². The third kappa shape index (κ3) is 4.65. The van der Waals surface area contributed by atoms with E-state index in [0.29, 0.717) is 24.3 Å². The first kappa shape index (κ1) is 23.8. The van der Waals surface area contributed by atoms with Crippen molar-refractivity contribution in [2.75, 3.05) is 20.2 Å². The average molecular weight is 528 g/mol. The number of nitrogens with zero attached hydrogens (tertiary/aromatic N) is 2. The molecule has 178 valence electrons. The number of alkyl carbamates (subject to hydrolysis) is 1. The Hall–Kier alpha value is -3.33. The predicted octanol–water partition coefficient (Wildman–Crippen LogP) is 4.64. The van der Waals surface area contributed by atoms with Crippen LogP contribution < -0.4 is 5.32 Å². The van der Waals surface area contributed by atoms with Crippen molar-refractivity contribution in [1.29, 1.82) is 0 Å². The van der Waals surface area contributed by atoms with Crippen LogP contribution in [0, 0.1) is 0 Å². The van der Waals surface area contributed by atoms with Crippen molar-refractivity contribution in [3.05, 3.63) is 63.9 Å². The number of ether oxygens (including phenoxy) is 2. The second-order valence-corrected chi connectivity index (χ2v) is 9.94. The van der Waals surface area contributed by atoms with Crippen LogP contribution in [-0.2, 0) is 16.0 Å². The summed E-state index contributed by atoms with van der Waals surface area (Å²) in [7, 11) is 1.34. The highest BCUT2D eigenvalue weighted by Gasteiger charge is 2.35. The second kappa shape index (κ2) is 9.13. The molecule has 8 nitrogen and oxygen atoms in total. The van der Waals surface area contributed by atoms with E-state index in [1.54, 1.807) is 44.0 Å². The van der Waals surface area contributed by atoms with Crippen LogP contribution in [0.25, 0.3) is 16.6 Å². The Kier molecular flexibility index (Phi) is 6.40. The number of methoxy groups -OCH3 is 1. The van der Waals surface area contributed by atoms with Crippen LogP contribution in [0.15, 0.2) is 47.1 Å². The quantitative estimate of drug-likeness (QED) is 0.488. The summed E-state index contributed by atoms with van der Waals surface area (Å²) in [6.45, 7) is 6.40. The van der Waals surface area contributed by atoms with E-state index in [1.807, 2.05) is 28.7 Å². The Bertz CT molecular complexity index is 1270. The molecule has 0 atom stereocenters. The summed E-state index contributed by atoms with van der Waals surface area (Å²) in [5.74, 6) is -0.572. The van der Waals surface area contributed by atoms with Crippen LogP contribution in [0.5, 0.6) is 0 Å². The van der Waals surface area contributed by atoms with E-state index in [9.17, 15) is 14.4 Å². The van der Waals surface area contributed by atoms with Gasteiger partial charge in [-0.25, -0.2) is 9.59 Å². The Labute approximate surface area is 206 Å². The predicted molar refractivity (Wildman–Crippen MR) is 131 cm³/mol. The van der Waals surface area contributed by atoms with E-state index in [4.69, 9.17) is 9.47 Å². The molecule has 34 heavy (non-hydrogen) atoms. The number of amides is 2. The zero-order valence-corrected chi connectivity index (χ0v) is 21.1. The molecule has 0 radical (unpaired) electrons. The highest BCUT2D eigenvalue weighted by atomic mass is 79.9. The number of halogens is 1. The van der Waals surface area contributed by atoms with Crippen LogP contribution in [0.3, 0.4) is 0 Å².